The molecule has 6 heteroatoms. The predicted octanol–water partition coefficient (Wildman–Crippen LogP) is 1.41. The van der Waals surface area contributed by atoms with Crippen LogP contribution in [0.25, 0.3) is 0 Å². The lowest BCUT2D eigenvalue weighted by Gasteiger charge is -2.21. The summed E-state index contributed by atoms with van der Waals surface area (Å²) >= 11 is 0. The van der Waals surface area contributed by atoms with Crippen molar-refractivity contribution in [3.05, 3.63) is 23.7 Å². The minimum absolute atomic E-state index is 0.0117. The molecule has 0 unspecified atom stereocenters. The van der Waals surface area contributed by atoms with Gasteiger partial charge in [0.25, 0.3) is 5.91 Å². The maximum Gasteiger partial charge on any atom is 0.289 e. The van der Waals surface area contributed by atoms with Crippen LogP contribution in [0.4, 0.5) is 0 Å². The van der Waals surface area contributed by atoms with Crippen LogP contribution in [0.2, 0.25) is 0 Å². The topological polar surface area (TPSA) is 71.8 Å². The highest BCUT2D eigenvalue weighted by Gasteiger charge is 2.18. The van der Waals surface area contributed by atoms with E-state index in [9.17, 15) is 9.59 Å². The Morgan fingerprint density at radius 1 is 1.38 bits per heavy atom. The number of amides is 2. The van der Waals surface area contributed by atoms with Crippen LogP contribution in [0.15, 0.2) is 16.5 Å². The number of nitrogens with one attached hydrogen (secondary N) is 1. The van der Waals surface area contributed by atoms with Gasteiger partial charge in [0, 0.05) is 33.7 Å². The molecular formula is C15H22N2O4. The number of nitrogens with zero attached hydrogens (tertiary/aromatic N) is 1. The van der Waals surface area contributed by atoms with E-state index < -0.39 is 0 Å². The first-order chi connectivity index (χ1) is 10.1. The molecule has 2 heterocycles. The quantitative estimate of drug-likeness (QED) is 0.891. The molecule has 0 bridgehead atoms. The van der Waals surface area contributed by atoms with Crippen LogP contribution in [-0.4, -0.2) is 44.0 Å². The smallest absolute Gasteiger partial charge is 0.289 e. The van der Waals surface area contributed by atoms with Gasteiger partial charge < -0.3 is 19.4 Å². The minimum Gasteiger partial charge on any atom is -0.454 e. The van der Waals surface area contributed by atoms with Crippen LogP contribution in [0, 0.1) is 5.92 Å². The lowest BCUT2D eigenvalue weighted by molar-refractivity contribution is -0.123. The minimum atomic E-state index is -0.188. The zero-order chi connectivity index (χ0) is 15.2. The molecule has 1 aromatic rings. The van der Waals surface area contributed by atoms with Gasteiger partial charge in [0.1, 0.15) is 5.76 Å². The molecule has 116 valence electrons. The zero-order valence-electron chi connectivity index (χ0n) is 12.6. The fourth-order valence-corrected chi connectivity index (χ4v) is 2.30. The number of carbonyl (C=O) groups is 2. The van der Waals surface area contributed by atoms with Gasteiger partial charge in [-0.15, -0.1) is 0 Å². The second-order valence-electron chi connectivity index (χ2n) is 5.53. The average Bonchev–Trinajstić information content (AvgIpc) is 2.94. The first-order valence-corrected chi connectivity index (χ1v) is 7.21. The third kappa shape index (κ3) is 4.60. The van der Waals surface area contributed by atoms with Gasteiger partial charge in [0.05, 0.1) is 6.54 Å². The summed E-state index contributed by atoms with van der Waals surface area (Å²) in [5.74, 6) is 0.967. The summed E-state index contributed by atoms with van der Waals surface area (Å²) < 4.78 is 10.8. The van der Waals surface area contributed by atoms with Crippen molar-refractivity contribution in [3.8, 4) is 0 Å². The fraction of sp³-hybridized carbons (Fsp3) is 0.600. The standard InChI is InChI=1S/C15H22N2O4/c1-17(2)15(19)13-6-5-12(21-13)9-16-14(18)8-11-4-3-7-20-10-11/h5-6,11H,3-4,7-10H2,1-2H3,(H,16,18)/t11-/m1/s1. The molecule has 0 aromatic carbocycles. The number of rotatable bonds is 5. The Kier molecular flexibility index (Phi) is 5.38. The lowest BCUT2D eigenvalue weighted by Crippen LogP contribution is -2.28. The summed E-state index contributed by atoms with van der Waals surface area (Å²) in [7, 11) is 3.33. The molecule has 21 heavy (non-hydrogen) atoms. The number of hydrogen-bond donors (Lipinski definition) is 1. The number of carbonyl (C=O) groups excluding carboxylic acids is 2. The highest BCUT2D eigenvalue weighted by atomic mass is 16.5. The van der Waals surface area contributed by atoms with Crippen LogP contribution < -0.4 is 5.32 Å². The van der Waals surface area contributed by atoms with Crippen molar-refractivity contribution in [1.29, 1.82) is 0 Å². The summed E-state index contributed by atoms with van der Waals surface area (Å²) in [6, 6.07) is 3.33. The molecule has 1 aliphatic heterocycles. The van der Waals surface area contributed by atoms with Crippen molar-refractivity contribution in [1.82, 2.24) is 10.2 Å². The van der Waals surface area contributed by atoms with Crippen molar-refractivity contribution >= 4 is 11.8 Å². The van der Waals surface area contributed by atoms with Gasteiger partial charge >= 0.3 is 0 Å². The molecule has 2 amide bonds. The van der Waals surface area contributed by atoms with Crippen LogP contribution in [0.3, 0.4) is 0 Å². The van der Waals surface area contributed by atoms with E-state index in [0.29, 0.717) is 31.3 Å². The average molecular weight is 294 g/mol. The van der Waals surface area contributed by atoms with E-state index >= 15 is 0 Å². The van der Waals surface area contributed by atoms with E-state index in [1.165, 1.54) is 4.90 Å². The molecule has 0 aliphatic carbocycles. The fourth-order valence-electron chi connectivity index (χ4n) is 2.30. The second kappa shape index (κ2) is 7.26. The molecule has 0 radical (unpaired) electrons. The largest absolute Gasteiger partial charge is 0.454 e. The maximum absolute atomic E-state index is 11.8. The Balaban J connectivity index is 1.77. The molecular weight excluding hydrogens is 272 g/mol. The van der Waals surface area contributed by atoms with Gasteiger partial charge in [-0.3, -0.25) is 9.59 Å². The number of ether oxygens (including phenoxy) is 1. The summed E-state index contributed by atoms with van der Waals surface area (Å²) in [6.07, 6.45) is 2.53. The third-order valence-electron chi connectivity index (χ3n) is 3.47. The van der Waals surface area contributed by atoms with Crippen molar-refractivity contribution in [2.24, 2.45) is 5.92 Å². The van der Waals surface area contributed by atoms with Gasteiger partial charge in [0.15, 0.2) is 5.76 Å². The van der Waals surface area contributed by atoms with E-state index in [1.54, 1.807) is 26.2 Å². The van der Waals surface area contributed by atoms with E-state index in [2.05, 4.69) is 5.32 Å². The summed E-state index contributed by atoms with van der Waals surface area (Å²) in [5.41, 5.74) is 0. The van der Waals surface area contributed by atoms with Gasteiger partial charge in [-0.25, -0.2) is 0 Å². The molecule has 1 aromatic heterocycles. The first-order valence-electron chi connectivity index (χ1n) is 7.21. The molecule has 1 atom stereocenters. The maximum atomic E-state index is 11.8. The highest BCUT2D eigenvalue weighted by molar-refractivity contribution is 5.91. The summed E-state index contributed by atoms with van der Waals surface area (Å²) in [4.78, 5) is 25.0. The zero-order valence-corrected chi connectivity index (χ0v) is 12.6. The lowest BCUT2D eigenvalue weighted by atomic mass is 9.98. The van der Waals surface area contributed by atoms with Crippen LogP contribution in [-0.2, 0) is 16.1 Å². The van der Waals surface area contributed by atoms with Crippen molar-refractivity contribution in [3.63, 3.8) is 0 Å². The van der Waals surface area contributed by atoms with Crippen LogP contribution >= 0.6 is 0 Å². The molecule has 1 saturated heterocycles. The SMILES string of the molecule is CN(C)C(=O)c1ccc(CNC(=O)C[C@H]2CCCOC2)o1. The summed E-state index contributed by atoms with van der Waals surface area (Å²) in [6.45, 7) is 1.76. The number of furan rings is 1. The van der Waals surface area contributed by atoms with Gasteiger partial charge in [-0.2, -0.15) is 0 Å². The molecule has 1 aliphatic rings. The van der Waals surface area contributed by atoms with Crippen molar-refractivity contribution in [2.45, 2.75) is 25.8 Å². The van der Waals surface area contributed by atoms with E-state index in [0.717, 1.165) is 19.4 Å². The molecule has 1 fully saturated rings. The third-order valence-corrected chi connectivity index (χ3v) is 3.47. The predicted molar refractivity (Wildman–Crippen MR) is 76.7 cm³/mol. The van der Waals surface area contributed by atoms with Crippen molar-refractivity contribution in [2.75, 3.05) is 27.3 Å². The molecule has 0 saturated carbocycles. The van der Waals surface area contributed by atoms with E-state index in [-0.39, 0.29) is 17.6 Å². The Bertz CT molecular complexity index is 490. The number of hydrogen-bond acceptors (Lipinski definition) is 4. The first kappa shape index (κ1) is 15.6. The molecule has 2 rings (SSSR count). The van der Waals surface area contributed by atoms with E-state index in [4.69, 9.17) is 9.15 Å². The van der Waals surface area contributed by atoms with Gasteiger partial charge in [-0.05, 0) is 30.9 Å². The Labute approximate surface area is 124 Å². The van der Waals surface area contributed by atoms with Crippen LogP contribution in [0.5, 0.6) is 0 Å². The molecule has 1 N–H and O–H groups in total. The molecule has 6 nitrogen and oxygen atoms in total. The van der Waals surface area contributed by atoms with Crippen LogP contribution in [0.1, 0.15) is 35.6 Å². The highest BCUT2D eigenvalue weighted by Crippen LogP contribution is 2.17. The monoisotopic (exact) mass is 294 g/mol. The second-order valence-corrected chi connectivity index (χ2v) is 5.53. The Morgan fingerprint density at radius 2 is 2.19 bits per heavy atom. The van der Waals surface area contributed by atoms with Gasteiger partial charge in [-0.1, -0.05) is 0 Å². The normalized spacial score (nSPS) is 18.3. The molecule has 0 spiro atoms. The van der Waals surface area contributed by atoms with Gasteiger partial charge in [0.2, 0.25) is 5.91 Å². The summed E-state index contributed by atoms with van der Waals surface area (Å²) in [5, 5.41) is 2.81. The Morgan fingerprint density at radius 3 is 2.86 bits per heavy atom. The Hall–Kier alpha value is -1.82. The van der Waals surface area contributed by atoms with E-state index in [1.807, 2.05) is 0 Å². The van der Waals surface area contributed by atoms with Crippen molar-refractivity contribution < 1.29 is 18.7 Å².